The number of fused-ring (bicyclic) bond motifs is 1. The summed E-state index contributed by atoms with van der Waals surface area (Å²) >= 11 is 7.39. The number of urea groups is 1. The second kappa shape index (κ2) is 14.2. The van der Waals surface area contributed by atoms with Crippen LogP contribution in [0.3, 0.4) is 0 Å². The van der Waals surface area contributed by atoms with Crippen molar-refractivity contribution in [1.82, 2.24) is 25.8 Å². The quantitative estimate of drug-likeness (QED) is 0.348. The number of carboxylic acids is 1. The van der Waals surface area contributed by atoms with Gasteiger partial charge in [0.15, 0.2) is 5.78 Å². The molecule has 2 saturated heterocycles. The molecule has 0 aliphatic carbocycles. The number of carbonyl (C=O) groups is 6. The molecule has 0 spiro atoms. The molecular formula is C28H30ClN5O7S. The monoisotopic (exact) mass is 615 g/mol. The number of hydrogen-bond donors (Lipinski definition) is 3. The Morgan fingerprint density at radius 3 is 2.45 bits per heavy atom. The van der Waals surface area contributed by atoms with Crippen LogP contribution in [0.15, 0.2) is 54.6 Å². The fourth-order valence-electron chi connectivity index (χ4n) is 4.66. The van der Waals surface area contributed by atoms with Crippen LogP contribution in [0, 0.1) is 0 Å². The summed E-state index contributed by atoms with van der Waals surface area (Å²) in [6.07, 6.45) is -0.180. The molecule has 0 radical (unpaired) electrons. The van der Waals surface area contributed by atoms with E-state index in [1.54, 1.807) is 42.5 Å². The minimum Gasteiger partial charge on any atom is -0.481 e. The summed E-state index contributed by atoms with van der Waals surface area (Å²) in [5.74, 6) is -3.22. The van der Waals surface area contributed by atoms with Crippen molar-refractivity contribution < 1.29 is 33.9 Å². The van der Waals surface area contributed by atoms with Gasteiger partial charge in [0.2, 0.25) is 11.8 Å². The highest BCUT2D eigenvalue weighted by molar-refractivity contribution is 7.99. The van der Waals surface area contributed by atoms with Gasteiger partial charge in [-0.2, -0.15) is 0 Å². The summed E-state index contributed by atoms with van der Waals surface area (Å²) in [4.78, 5) is 77.3. The molecule has 0 bridgehead atoms. The number of thioether (sulfide) groups is 1. The number of halogens is 1. The lowest BCUT2D eigenvalue weighted by Gasteiger charge is -2.43. The van der Waals surface area contributed by atoms with Crippen molar-refractivity contribution in [3.8, 4) is 0 Å². The van der Waals surface area contributed by atoms with Gasteiger partial charge in [0.05, 0.1) is 24.8 Å². The van der Waals surface area contributed by atoms with Crippen molar-refractivity contribution in [3.05, 3.63) is 70.7 Å². The lowest BCUT2D eigenvalue weighted by atomic mass is 10.0. The second-order valence-corrected chi connectivity index (χ2v) is 11.1. The van der Waals surface area contributed by atoms with Gasteiger partial charge < -0.3 is 10.4 Å². The number of Topliss-reactive ketones (excluding diaryl/α,β-unsaturated/α-hetero) is 1. The Bertz CT molecular complexity index is 1360. The summed E-state index contributed by atoms with van der Waals surface area (Å²) < 4.78 is 0. The minimum absolute atomic E-state index is 0.0827. The Balaban J connectivity index is 1.46. The Hall–Kier alpha value is -4.10. The summed E-state index contributed by atoms with van der Waals surface area (Å²) in [5, 5.41) is 15.6. The van der Waals surface area contributed by atoms with Gasteiger partial charge in [-0.15, -0.1) is 11.8 Å². The van der Waals surface area contributed by atoms with E-state index in [0.717, 1.165) is 15.6 Å². The number of hydrazine groups is 2. The number of nitrogens with zero attached hydrogens (tertiary/aromatic N) is 3. The van der Waals surface area contributed by atoms with Crippen molar-refractivity contribution in [1.29, 1.82) is 0 Å². The molecule has 2 heterocycles. The summed E-state index contributed by atoms with van der Waals surface area (Å²) in [7, 11) is 0. The average Bonchev–Trinajstić information content (AvgIpc) is 3.10. The fourth-order valence-corrected chi connectivity index (χ4v) is 5.92. The molecular weight excluding hydrogens is 586 g/mol. The topological polar surface area (TPSA) is 156 Å². The first-order valence-corrected chi connectivity index (χ1v) is 14.8. The molecule has 2 aliphatic heterocycles. The van der Waals surface area contributed by atoms with Crippen LogP contribution in [0.4, 0.5) is 4.79 Å². The number of amides is 5. The standard InChI is InChI=1S/C28H30ClN5O7S/c29-20-10-5-4-9-19(20)16-42-17-23(35)21(15-25(37)38)30-27(40)22-11-6-13-33-24(36)12-14-32(28(41)34(22)33)31-26(39)18-7-2-1-3-8-18/h1-5,7-10,21-22H,6,11-17H2,(H,30,40)(H,31,39)(H,37,38). The van der Waals surface area contributed by atoms with Gasteiger partial charge in [0.1, 0.15) is 6.04 Å². The largest absolute Gasteiger partial charge is 0.481 e. The van der Waals surface area contributed by atoms with Crippen LogP contribution in [0.1, 0.15) is 41.6 Å². The Morgan fingerprint density at radius 1 is 1.02 bits per heavy atom. The van der Waals surface area contributed by atoms with Crippen molar-refractivity contribution in [2.24, 2.45) is 0 Å². The average molecular weight is 616 g/mol. The van der Waals surface area contributed by atoms with E-state index in [1.807, 2.05) is 12.1 Å². The third-order valence-corrected chi connectivity index (χ3v) is 8.16. The van der Waals surface area contributed by atoms with E-state index in [-0.39, 0.29) is 31.7 Å². The van der Waals surface area contributed by atoms with Gasteiger partial charge in [-0.25, -0.2) is 19.8 Å². The smallest absolute Gasteiger partial charge is 0.358 e. The van der Waals surface area contributed by atoms with Gasteiger partial charge in [0, 0.05) is 29.3 Å². The molecule has 2 aromatic rings. The molecule has 222 valence electrons. The highest BCUT2D eigenvalue weighted by atomic mass is 35.5. The van der Waals surface area contributed by atoms with E-state index in [1.165, 1.54) is 16.8 Å². The van der Waals surface area contributed by atoms with Crippen LogP contribution >= 0.6 is 23.4 Å². The summed E-state index contributed by atoms with van der Waals surface area (Å²) in [6, 6.07) is 12.0. The maximum atomic E-state index is 13.6. The van der Waals surface area contributed by atoms with Crippen LogP contribution in [0.25, 0.3) is 0 Å². The highest BCUT2D eigenvalue weighted by Crippen LogP contribution is 2.25. The normalized spacial score (nSPS) is 17.6. The molecule has 2 aliphatic rings. The summed E-state index contributed by atoms with van der Waals surface area (Å²) in [5.41, 5.74) is 3.62. The zero-order valence-electron chi connectivity index (χ0n) is 22.5. The van der Waals surface area contributed by atoms with Gasteiger partial charge >= 0.3 is 12.0 Å². The molecule has 4 rings (SSSR count). The molecule has 0 saturated carbocycles. The number of nitrogens with one attached hydrogen (secondary N) is 2. The molecule has 2 atom stereocenters. The Morgan fingerprint density at radius 2 is 1.74 bits per heavy atom. The number of rotatable bonds is 11. The molecule has 42 heavy (non-hydrogen) atoms. The minimum atomic E-state index is -1.35. The van der Waals surface area contributed by atoms with Gasteiger partial charge in [-0.05, 0) is 36.6 Å². The predicted octanol–water partition coefficient (Wildman–Crippen LogP) is 2.48. The molecule has 3 N–H and O–H groups in total. The lowest BCUT2D eigenvalue weighted by molar-refractivity contribution is -0.155. The van der Waals surface area contributed by atoms with Crippen LogP contribution < -0.4 is 10.7 Å². The Kier molecular flexibility index (Phi) is 10.4. The van der Waals surface area contributed by atoms with E-state index < -0.39 is 54.0 Å². The van der Waals surface area contributed by atoms with Crippen LogP contribution in [-0.4, -0.2) is 86.6 Å². The van der Waals surface area contributed by atoms with E-state index in [0.29, 0.717) is 22.8 Å². The molecule has 2 unspecified atom stereocenters. The van der Waals surface area contributed by atoms with E-state index >= 15 is 0 Å². The van der Waals surface area contributed by atoms with Crippen molar-refractivity contribution in [2.75, 3.05) is 18.8 Å². The lowest BCUT2D eigenvalue weighted by Crippen LogP contribution is -2.65. The van der Waals surface area contributed by atoms with Gasteiger partial charge in [-0.3, -0.25) is 29.4 Å². The molecule has 2 fully saturated rings. The van der Waals surface area contributed by atoms with Gasteiger partial charge in [0.25, 0.3) is 5.91 Å². The van der Waals surface area contributed by atoms with Crippen molar-refractivity contribution in [2.45, 2.75) is 43.5 Å². The highest BCUT2D eigenvalue weighted by Gasteiger charge is 2.44. The molecule has 14 heteroatoms. The first kappa shape index (κ1) is 30.8. The van der Waals surface area contributed by atoms with Crippen LogP contribution in [0.5, 0.6) is 0 Å². The van der Waals surface area contributed by atoms with Crippen LogP contribution in [-0.2, 0) is 24.9 Å². The van der Waals surface area contributed by atoms with E-state index in [9.17, 15) is 33.9 Å². The molecule has 12 nitrogen and oxygen atoms in total. The van der Waals surface area contributed by atoms with Gasteiger partial charge in [-0.1, -0.05) is 48.0 Å². The molecule has 5 amide bonds. The molecule has 0 aromatic heterocycles. The maximum Gasteiger partial charge on any atom is 0.358 e. The van der Waals surface area contributed by atoms with E-state index in [2.05, 4.69) is 10.7 Å². The zero-order chi connectivity index (χ0) is 30.2. The first-order valence-electron chi connectivity index (χ1n) is 13.3. The number of benzene rings is 2. The number of carboxylic acid groups (broad SMARTS) is 1. The number of hydrogen-bond acceptors (Lipinski definition) is 7. The maximum absolute atomic E-state index is 13.6. The third kappa shape index (κ3) is 7.59. The Labute approximate surface area is 251 Å². The number of ketones is 1. The molecule has 2 aromatic carbocycles. The van der Waals surface area contributed by atoms with Crippen molar-refractivity contribution >= 4 is 58.9 Å². The number of aliphatic carboxylic acids is 1. The predicted molar refractivity (Wildman–Crippen MR) is 154 cm³/mol. The summed E-state index contributed by atoms with van der Waals surface area (Å²) in [6.45, 7) is 0.0748. The third-order valence-electron chi connectivity index (χ3n) is 6.79. The van der Waals surface area contributed by atoms with Crippen LogP contribution in [0.2, 0.25) is 5.02 Å². The zero-order valence-corrected chi connectivity index (χ0v) is 24.1. The first-order chi connectivity index (χ1) is 20.2. The number of carbonyl (C=O) groups excluding carboxylic acids is 5. The SMILES string of the molecule is O=C(O)CC(NC(=O)C1CCCN2C(=O)CCN(NC(=O)c3ccccc3)C(=O)N12)C(=O)CSCc1ccccc1Cl. The van der Waals surface area contributed by atoms with Crippen molar-refractivity contribution in [3.63, 3.8) is 0 Å². The van der Waals surface area contributed by atoms with E-state index in [4.69, 9.17) is 11.6 Å². The second-order valence-electron chi connectivity index (χ2n) is 9.72. The fraction of sp³-hybridized carbons (Fsp3) is 0.357.